The molecule has 0 fully saturated rings. The zero-order chi connectivity index (χ0) is 15.0. The molecule has 0 aliphatic carbocycles. The van der Waals surface area contributed by atoms with Gasteiger partial charge in [-0.2, -0.15) is 0 Å². The first-order chi connectivity index (χ1) is 9.42. The third-order valence-electron chi connectivity index (χ3n) is 3.13. The Kier molecular flexibility index (Phi) is 7.17. The largest absolute Gasteiger partial charge is 0.388 e. The van der Waals surface area contributed by atoms with Gasteiger partial charge in [-0.3, -0.25) is 4.57 Å². The Balaban J connectivity index is 2.62. The van der Waals surface area contributed by atoms with Gasteiger partial charge in [0.15, 0.2) is 0 Å². The van der Waals surface area contributed by atoms with E-state index in [9.17, 15) is 9.67 Å². The predicted molar refractivity (Wildman–Crippen MR) is 80.3 cm³/mol. The van der Waals surface area contributed by atoms with Crippen LogP contribution in [0, 0.1) is 0 Å². The van der Waals surface area contributed by atoms with Gasteiger partial charge in [0.2, 0.25) is 0 Å². The van der Waals surface area contributed by atoms with E-state index in [1.54, 1.807) is 0 Å². The summed E-state index contributed by atoms with van der Waals surface area (Å²) < 4.78 is 11.1. The summed E-state index contributed by atoms with van der Waals surface area (Å²) >= 11 is 0. The maximum Gasteiger partial charge on any atom is 0.349 e. The maximum absolute atomic E-state index is 11.1. The molecule has 0 aromatic heterocycles. The van der Waals surface area contributed by atoms with E-state index < -0.39 is 13.7 Å². The van der Waals surface area contributed by atoms with Crippen molar-refractivity contribution in [3.05, 3.63) is 47.3 Å². The number of hydrogen-bond acceptors (Lipinski definition) is 2. The first-order valence-electron chi connectivity index (χ1n) is 6.91. The van der Waals surface area contributed by atoms with Gasteiger partial charge >= 0.3 is 7.60 Å². The number of benzene rings is 1. The van der Waals surface area contributed by atoms with E-state index in [2.05, 4.69) is 0 Å². The van der Waals surface area contributed by atoms with Crippen LogP contribution in [0.3, 0.4) is 0 Å². The molecular formula is C15H23O4P. The summed E-state index contributed by atoms with van der Waals surface area (Å²) in [7, 11) is -4.14. The van der Waals surface area contributed by atoms with Crippen molar-refractivity contribution < 1.29 is 19.5 Å². The second-order valence-electron chi connectivity index (χ2n) is 4.95. The van der Waals surface area contributed by atoms with Crippen molar-refractivity contribution in [2.75, 3.05) is 0 Å². The minimum Gasteiger partial charge on any atom is -0.388 e. The minimum absolute atomic E-state index is 0.472. The SMILES string of the molecule is CCCC/C(=C\P(=O)(O)O)CCC(O)c1ccccc1. The second kappa shape index (κ2) is 8.38. The van der Waals surface area contributed by atoms with Crippen LogP contribution in [0.25, 0.3) is 0 Å². The molecule has 0 saturated heterocycles. The second-order valence-corrected chi connectivity index (χ2v) is 6.38. The molecule has 1 aromatic carbocycles. The van der Waals surface area contributed by atoms with Gasteiger partial charge in [-0.15, -0.1) is 0 Å². The fraction of sp³-hybridized carbons (Fsp3) is 0.467. The Morgan fingerprint density at radius 2 is 1.90 bits per heavy atom. The molecule has 5 heteroatoms. The number of allylic oxidation sites excluding steroid dienone is 1. The summed E-state index contributed by atoms with van der Waals surface area (Å²) in [6, 6.07) is 9.31. The summed E-state index contributed by atoms with van der Waals surface area (Å²) in [5.41, 5.74) is 1.56. The molecule has 0 aliphatic heterocycles. The van der Waals surface area contributed by atoms with Crippen molar-refractivity contribution >= 4 is 7.60 Å². The van der Waals surface area contributed by atoms with Crippen LogP contribution < -0.4 is 0 Å². The minimum atomic E-state index is -4.14. The van der Waals surface area contributed by atoms with E-state index in [1.807, 2.05) is 37.3 Å². The normalized spacial score (nSPS) is 14.3. The predicted octanol–water partition coefficient (Wildman–Crippen LogP) is 3.75. The first-order valence-corrected chi connectivity index (χ1v) is 8.59. The highest BCUT2D eigenvalue weighted by Gasteiger charge is 2.13. The van der Waals surface area contributed by atoms with Gasteiger partial charge in [0, 0.05) is 5.82 Å². The van der Waals surface area contributed by atoms with Gasteiger partial charge in [-0.1, -0.05) is 49.2 Å². The number of unbranched alkanes of at least 4 members (excludes halogenated alkanes) is 1. The van der Waals surface area contributed by atoms with Gasteiger partial charge in [-0.25, -0.2) is 0 Å². The Labute approximate surface area is 120 Å². The van der Waals surface area contributed by atoms with Crippen LogP contribution in [-0.2, 0) is 4.57 Å². The third-order valence-corrected chi connectivity index (χ3v) is 3.83. The zero-order valence-corrected chi connectivity index (χ0v) is 12.7. The van der Waals surface area contributed by atoms with Crippen LogP contribution in [-0.4, -0.2) is 14.9 Å². The van der Waals surface area contributed by atoms with E-state index in [1.165, 1.54) is 0 Å². The van der Waals surface area contributed by atoms with Crippen molar-refractivity contribution in [2.45, 2.75) is 45.1 Å². The molecule has 0 aliphatic rings. The monoisotopic (exact) mass is 298 g/mol. The lowest BCUT2D eigenvalue weighted by molar-refractivity contribution is 0.167. The average molecular weight is 298 g/mol. The molecule has 112 valence electrons. The van der Waals surface area contributed by atoms with Crippen molar-refractivity contribution in [1.29, 1.82) is 0 Å². The zero-order valence-electron chi connectivity index (χ0n) is 11.8. The lowest BCUT2D eigenvalue weighted by atomic mass is 9.99. The molecule has 0 spiro atoms. The molecule has 1 unspecified atom stereocenters. The van der Waals surface area contributed by atoms with Crippen molar-refractivity contribution in [1.82, 2.24) is 0 Å². The quantitative estimate of drug-likeness (QED) is 0.639. The number of aliphatic hydroxyl groups is 1. The fourth-order valence-electron chi connectivity index (χ4n) is 2.06. The Morgan fingerprint density at radius 3 is 2.45 bits per heavy atom. The molecule has 20 heavy (non-hydrogen) atoms. The summed E-state index contributed by atoms with van der Waals surface area (Å²) in [6.07, 6.45) is 2.91. The van der Waals surface area contributed by atoms with E-state index in [0.29, 0.717) is 19.3 Å². The highest BCUT2D eigenvalue weighted by atomic mass is 31.2. The van der Waals surface area contributed by atoms with Crippen LogP contribution >= 0.6 is 7.60 Å². The van der Waals surface area contributed by atoms with Gasteiger partial charge in [0.1, 0.15) is 0 Å². The van der Waals surface area contributed by atoms with Crippen LogP contribution in [0.4, 0.5) is 0 Å². The molecule has 0 heterocycles. The van der Waals surface area contributed by atoms with Crippen molar-refractivity contribution in [2.24, 2.45) is 0 Å². The average Bonchev–Trinajstić information content (AvgIpc) is 2.41. The Hall–Kier alpha value is -0.930. The third kappa shape index (κ3) is 7.01. The molecule has 4 nitrogen and oxygen atoms in total. The summed E-state index contributed by atoms with van der Waals surface area (Å²) in [5.74, 6) is 1.06. The number of aliphatic hydroxyl groups excluding tert-OH is 1. The fourth-order valence-corrected chi connectivity index (χ4v) is 2.79. The van der Waals surface area contributed by atoms with Gasteiger partial charge in [-0.05, 0) is 31.2 Å². The van der Waals surface area contributed by atoms with Crippen molar-refractivity contribution in [3.63, 3.8) is 0 Å². The summed E-state index contributed by atoms with van der Waals surface area (Å²) in [6.45, 7) is 2.04. The highest BCUT2D eigenvalue weighted by Crippen LogP contribution is 2.39. The molecule has 0 bridgehead atoms. The van der Waals surface area contributed by atoms with Crippen LogP contribution in [0.15, 0.2) is 41.7 Å². The van der Waals surface area contributed by atoms with E-state index in [0.717, 1.165) is 29.8 Å². The van der Waals surface area contributed by atoms with E-state index >= 15 is 0 Å². The van der Waals surface area contributed by atoms with Gasteiger partial charge in [0.05, 0.1) is 6.10 Å². The lowest BCUT2D eigenvalue weighted by Gasteiger charge is -2.13. The number of hydrogen-bond donors (Lipinski definition) is 3. The van der Waals surface area contributed by atoms with Gasteiger partial charge in [0.25, 0.3) is 0 Å². The van der Waals surface area contributed by atoms with Crippen LogP contribution in [0.1, 0.15) is 50.7 Å². The van der Waals surface area contributed by atoms with E-state index in [-0.39, 0.29) is 0 Å². The molecule has 1 aromatic rings. The standard InChI is InChI=1S/C15H23O4P/c1-2-3-7-13(12-20(17,18)19)10-11-15(16)14-8-5-4-6-9-14/h4-6,8-9,12,15-16H,2-3,7,10-11H2,1H3,(H2,17,18,19)/b13-12+. The molecule has 1 rings (SSSR count). The van der Waals surface area contributed by atoms with Gasteiger partial charge < -0.3 is 14.9 Å². The first kappa shape index (κ1) is 17.1. The summed E-state index contributed by atoms with van der Waals surface area (Å²) in [4.78, 5) is 18.1. The number of rotatable bonds is 8. The smallest absolute Gasteiger partial charge is 0.349 e. The summed E-state index contributed by atoms with van der Waals surface area (Å²) in [5, 5.41) is 10.1. The topological polar surface area (TPSA) is 77.8 Å². The molecule has 0 amide bonds. The Morgan fingerprint density at radius 1 is 1.25 bits per heavy atom. The molecular weight excluding hydrogens is 275 g/mol. The molecule has 0 saturated carbocycles. The van der Waals surface area contributed by atoms with Crippen molar-refractivity contribution in [3.8, 4) is 0 Å². The molecule has 0 radical (unpaired) electrons. The maximum atomic E-state index is 11.1. The Bertz CT molecular complexity index is 464. The molecule has 1 atom stereocenters. The lowest BCUT2D eigenvalue weighted by Crippen LogP contribution is -1.98. The highest BCUT2D eigenvalue weighted by molar-refractivity contribution is 7.55. The molecule has 3 N–H and O–H groups in total. The van der Waals surface area contributed by atoms with E-state index in [4.69, 9.17) is 9.79 Å². The van der Waals surface area contributed by atoms with Crippen LogP contribution in [0.2, 0.25) is 0 Å². The van der Waals surface area contributed by atoms with Crippen LogP contribution in [0.5, 0.6) is 0 Å².